The molecular weight excluding hydrogens is 460 g/mol. The molecule has 0 radical (unpaired) electrons. The Bertz CT molecular complexity index is 1070. The summed E-state index contributed by atoms with van der Waals surface area (Å²) >= 11 is 0. The van der Waals surface area contributed by atoms with E-state index < -0.39 is 6.10 Å². The Balaban J connectivity index is 1.25. The first-order valence-corrected chi connectivity index (χ1v) is 12.8. The Labute approximate surface area is 211 Å². The molecule has 0 unspecified atom stereocenters. The van der Waals surface area contributed by atoms with Crippen LogP contribution in [0.3, 0.4) is 0 Å². The molecule has 8 heteroatoms. The molecule has 2 saturated heterocycles. The molecule has 0 bridgehead atoms. The van der Waals surface area contributed by atoms with E-state index in [0.717, 1.165) is 35.4 Å². The Morgan fingerprint density at radius 3 is 2.64 bits per heavy atom. The van der Waals surface area contributed by atoms with Crippen LogP contribution in [0, 0.1) is 5.92 Å². The maximum atomic E-state index is 12.8. The molecule has 3 N–H and O–H groups in total. The van der Waals surface area contributed by atoms with E-state index in [2.05, 4.69) is 10.6 Å². The molecule has 192 valence electrons. The van der Waals surface area contributed by atoms with Crippen LogP contribution in [0.25, 0.3) is 0 Å². The molecule has 2 aromatic rings. The first-order chi connectivity index (χ1) is 17.5. The fraction of sp³-hybridized carbons (Fsp3) is 0.500. The third-order valence-corrected chi connectivity index (χ3v) is 7.45. The van der Waals surface area contributed by atoms with Gasteiger partial charge in [0.1, 0.15) is 18.0 Å². The molecule has 5 rings (SSSR count). The van der Waals surface area contributed by atoms with Crippen LogP contribution < -0.4 is 15.4 Å². The van der Waals surface area contributed by atoms with Crippen molar-refractivity contribution in [1.29, 1.82) is 0 Å². The molecule has 2 fully saturated rings. The smallest absolute Gasteiger partial charge is 0.227 e. The van der Waals surface area contributed by atoms with Crippen molar-refractivity contribution in [3.05, 3.63) is 59.7 Å². The average Bonchev–Trinajstić information content (AvgIpc) is 3.27. The number of hydrogen-bond donors (Lipinski definition) is 3. The highest BCUT2D eigenvalue weighted by Gasteiger charge is 2.46. The number of hydrogen-bond acceptors (Lipinski definition) is 6. The lowest BCUT2D eigenvalue weighted by Gasteiger charge is -2.37. The summed E-state index contributed by atoms with van der Waals surface area (Å²) in [6.45, 7) is 2.99. The summed E-state index contributed by atoms with van der Waals surface area (Å²) in [7, 11) is 0. The van der Waals surface area contributed by atoms with Gasteiger partial charge >= 0.3 is 0 Å². The Hall–Kier alpha value is -2.94. The van der Waals surface area contributed by atoms with Gasteiger partial charge in [0.2, 0.25) is 11.8 Å². The van der Waals surface area contributed by atoms with Crippen LogP contribution in [0.15, 0.2) is 48.5 Å². The number of aliphatic hydroxyl groups is 1. The second-order valence-corrected chi connectivity index (χ2v) is 9.94. The maximum Gasteiger partial charge on any atom is 0.227 e. The monoisotopic (exact) mass is 494 g/mol. The largest absolute Gasteiger partial charge is 0.487 e. The third-order valence-electron chi connectivity index (χ3n) is 7.45. The number of nitrogens with one attached hydrogen (secondary N) is 2. The molecule has 8 nitrogen and oxygen atoms in total. The van der Waals surface area contributed by atoms with Crippen molar-refractivity contribution in [3.8, 4) is 5.75 Å². The van der Waals surface area contributed by atoms with Crippen molar-refractivity contribution >= 4 is 17.5 Å². The second kappa shape index (κ2) is 11.0. The molecular formula is C28H34N2O6. The zero-order valence-electron chi connectivity index (χ0n) is 20.5. The lowest BCUT2D eigenvalue weighted by Crippen LogP contribution is -2.47. The van der Waals surface area contributed by atoms with E-state index in [1.165, 1.54) is 0 Å². The van der Waals surface area contributed by atoms with Crippen molar-refractivity contribution in [3.63, 3.8) is 0 Å². The minimum absolute atomic E-state index is 0.0102. The number of anilines is 1. The summed E-state index contributed by atoms with van der Waals surface area (Å²) in [5.74, 6) is 0.576. The summed E-state index contributed by atoms with van der Waals surface area (Å²) in [5, 5.41) is 16.1. The number of benzene rings is 2. The minimum Gasteiger partial charge on any atom is -0.487 e. The van der Waals surface area contributed by atoms with Crippen molar-refractivity contribution in [2.45, 2.75) is 62.9 Å². The van der Waals surface area contributed by atoms with Gasteiger partial charge in [0.15, 0.2) is 0 Å². The summed E-state index contributed by atoms with van der Waals surface area (Å²) in [4.78, 5) is 25.5. The van der Waals surface area contributed by atoms with Crippen LogP contribution >= 0.6 is 0 Å². The zero-order chi connectivity index (χ0) is 25.1. The Kier molecular flexibility index (Phi) is 7.55. The van der Waals surface area contributed by atoms with E-state index in [9.17, 15) is 14.7 Å². The summed E-state index contributed by atoms with van der Waals surface area (Å²) < 4.78 is 17.6. The van der Waals surface area contributed by atoms with Crippen LogP contribution in [-0.4, -0.2) is 55.1 Å². The lowest BCUT2D eigenvalue weighted by atomic mass is 9.84. The highest BCUT2D eigenvalue weighted by atomic mass is 16.6. The molecule has 0 aliphatic carbocycles. The normalized spacial score (nSPS) is 26.3. The number of carbonyl (C=O) groups excluding carboxylic acids is 2. The van der Waals surface area contributed by atoms with E-state index in [1.807, 2.05) is 55.5 Å². The number of aliphatic hydroxyl groups excluding tert-OH is 1. The second-order valence-electron chi connectivity index (χ2n) is 9.94. The van der Waals surface area contributed by atoms with Gasteiger partial charge in [-0.3, -0.25) is 9.59 Å². The molecule has 5 atom stereocenters. The zero-order valence-corrected chi connectivity index (χ0v) is 20.5. The average molecular weight is 495 g/mol. The summed E-state index contributed by atoms with van der Waals surface area (Å²) in [5.41, 5.74) is 2.75. The fourth-order valence-electron chi connectivity index (χ4n) is 5.50. The molecule has 3 aliphatic heterocycles. The summed E-state index contributed by atoms with van der Waals surface area (Å²) in [6, 6.07) is 15.4. The number of amides is 2. The van der Waals surface area contributed by atoms with Gasteiger partial charge in [-0.25, -0.2) is 0 Å². The van der Waals surface area contributed by atoms with Crippen LogP contribution in [0.4, 0.5) is 5.69 Å². The number of carbonyl (C=O) groups is 2. The van der Waals surface area contributed by atoms with Crippen LogP contribution in [0.5, 0.6) is 5.75 Å². The molecule has 0 spiro atoms. The van der Waals surface area contributed by atoms with Gasteiger partial charge in [0, 0.05) is 36.3 Å². The van der Waals surface area contributed by atoms with E-state index in [4.69, 9.17) is 14.2 Å². The molecule has 2 aromatic carbocycles. The Morgan fingerprint density at radius 1 is 1.11 bits per heavy atom. The standard InChI is InChI=1S/C28H34N2O6/c1-17(18-5-3-2-4-6-18)29-26(32)15-21-14-23-22-13-20(30-28(33)19-9-11-34-12-10-19)7-8-24(22)36-27(23)25(16-31)35-21/h2-8,13,17,19,21,23,25,27,31H,9-12,14-16H2,1H3,(H,29,32)(H,30,33)/t17-,21-,23+,25+,27-/m0/s1. The topological polar surface area (TPSA) is 106 Å². The van der Waals surface area contributed by atoms with Crippen molar-refractivity contribution in [1.82, 2.24) is 5.32 Å². The lowest BCUT2D eigenvalue weighted by molar-refractivity contribution is -0.142. The van der Waals surface area contributed by atoms with E-state index in [1.54, 1.807) is 0 Å². The summed E-state index contributed by atoms with van der Waals surface area (Å²) in [6.07, 6.45) is 1.06. The molecule has 0 aromatic heterocycles. The highest BCUT2D eigenvalue weighted by molar-refractivity contribution is 5.92. The van der Waals surface area contributed by atoms with Crippen molar-refractivity contribution in [2.75, 3.05) is 25.1 Å². The fourth-order valence-corrected chi connectivity index (χ4v) is 5.50. The number of ether oxygens (including phenoxy) is 3. The van der Waals surface area contributed by atoms with Gasteiger partial charge in [0.05, 0.1) is 25.2 Å². The van der Waals surface area contributed by atoms with Gasteiger partial charge < -0.3 is 30.0 Å². The van der Waals surface area contributed by atoms with E-state index in [0.29, 0.717) is 19.6 Å². The molecule has 36 heavy (non-hydrogen) atoms. The van der Waals surface area contributed by atoms with Crippen LogP contribution in [0.2, 0.25) is 0 Å². The number of fused-ring (bicyclic) bond motifs is 3. The van der Waals surface area contributed by atoms with E-state index in [-0.39, 0.29) is 54.9 Å². The SMILES string of the molecule is C[C@H](NC(=O)C[C@@H]1C[C@@H]2c3cc(NC(=O)C4CCOCC4)ccc3O[C@@H]2[C@@H](CO)O1)c1ccccc1. The third kappa shape index (κ3) is 5.40. The predicted molar refractivity (Wildman–Crippen MR) is 134 cm³/mol. The quantitative estimate of drug-likeness (QED) is 0.545. The van der Waals surface area contributed by atoms with Crippen molar-refractivity contribution < 1.29 is 28.9 Å². The van der Waals surface area contributed by atoms with Gasteiger partial charge in [-0.05, 0) is 49.9 Å². The van der Waals surface area contributed by atoms with E-state index >= 15 is 0 Å². The van der Waals surface area contributed by atoms with Gasteiger partial charge in [0.25, 0.3) is 0 Å². The minimum atomic E-state index is -0.527. The van der Waals surface area contributed by atoms with Gasteiger partial charge in [-0.2, -0.15) is 0 Å². The maximum absolute atomic E-state index is 12.8. The first-order valence-electron chi connectivity index (χ1n) is 12.8. The van der Waals surface area contributed by atoms with Crippen LogP contribution in [0.1, 0.15) is 55.7 Å². The highest BCUT2D eigenvalue weighted by Crippen LogP contribution is 2.47. The number of rotatable bonds is 7. The first kappa shape index (κ1) is 24.7. The van der Waals surface area contributed by atoms with Crippen molar-refractivity contribution in [2.24, 2.45) is 5.92 Å². The molecule has 2 amide bonds. The molecule has 3 aliphatic rings. The molecule has 0 saturated carbocycles. The predicted octanol–water partition coefficient (Wildman–Crippen LogP) is 3.31. The van der Waals surface area contributed by atoms with Gasteiger partial charge in [-0.1, -0.05) is 30.3 Å². The molecule has 3 heterocycles. The Morgan fingerprint density at radius 2 is 1.89 bits per heavy atom. The van der Waals surface area contributed by atoms with Crippen LogP contribution in [-0.2, 0) is 19.1 Å². The van der Waals surface area contributed by atoms with Gasteiger partial charge in [-0.15, -0.1) is 0 Å².